The molecule has 0 saturated heterocycles. The van der Waals surface area contributed by atoms with Crippen molar-refractivity contribution in [3.8, 4) is 22.9 Å². The van der Waals surface area contributed by atoms with Crippen LogP contribution < -0.4 is 9.47 Å². The van der Waals surface area contributed by atoms with Gasteiger partial charge in [-0.15, -0.1) is 10.2 Å². The number of hydrogen-bond donors (Lipinski definition) is 0. The van der Waals surface area contributed by atoms with Gasteiger partial charge < -0.3 is 9.47 Å². The molecular formula is C19H19N3O2S. The summed E-state index contributed by atoms with van der Waals surface area (Å²) in [6.07, 6.45) is 1.10. The second-order valence-corrected chi connectivity index (χ2v) is 6.86. The van der Waals surface area contributed by atoms with Crippen LogP contribution in [0.5, 0.6) is 11.5 Å². The SMILES string of the molecule is CCCSc1nnc(-c2ccccc2)n1Cc1ccc2c(c1)OCO2. The number of fused-ring (bicyclic) bond motifs is 1. The van der Waals surface area contributed by atoms with Crippen LogP contribution in [0.4, 0.5) is 0 Å². The van der Waals surface area contributed by atoms with E-state index in [-0.39, 0.29) is 6.79 Å². The van der Waals surface area contributed by atoms with Crippen LogP contribution in [0, 0.1) is 0 Å². The molecule has 0 N–H and O–H groups in total. The average Bonchev–Trinajstić information content (AvgIpc) is 3.27. The van der Waals surface area contributed by atoms with Crippen LogP contribution in [0.3, 0.4) is 0 Å². The summed E-state index contributed by atoms with van der Waals surface area (Å²) >= 11 is 1.74. The first-order chi connectivity index (χ1) is 12.3. The summed E-state index contributed by atoms with van der Waals surface area (Å²) in [4.78, 5) is 0. The fourth-order valence-corrected chi connectivity index (χ4v) is 3.55. The maximum absolute atomic E-state index is 5.50. The van der Waals surface area contributed by atoms with Crippen molar-refractivity contribution in [2.24, 2.45) is 0 Å². The molecule has 0 atom stereocenters. The topological polar surface area (TPSA) is 49.2 Å². The highest BCUT2D eigenvalue weighted by Gasteiger charge is 2.17. The zero-order chi connectivity index (χ0) is 17.1. The second kappa shape index (κ2) is 7.19. The minimum absolute atomic E-state index is 0.290. The molecule has 2 aromatic carbocycles. The maximum Gasteiger partial charge on any atom is 0.231 e. The van der Waals surface area contributed by atoms with Gasteiger partial charge in [-0.05, 0) is 24.1 Å². The van der Waals surface area contributed by atoms with Crippen molar-refractivity contribution in [2.45, 2.75) is 25.0 Å². The summed E-state index contributed by atoms with van der Waals surface area (Å²) in [5.74, 6) is 3.51. The van der Waals surface area contributed by atoms with E-state index in [0.717, 1.165) is 45.8 Å². The Morgan fingerprint density at radius 1 is 1.04 bits per heavy atom. The van der Waals surface area contributed by atoms with E-state index in [0.29, 0.717) is 6.54 Å². The quantitative estimate of drug-likeness (QED) is 0.621. The van der Waals surface area contributed by atoms with Crippen LogP contribution in [0.1, 0.15) is 18.9 Å². The normalized spacial score (nSPS) is 12.5. The minimum atomic E-state index is 0.290. The molecule has 6 heteroatoms. The Bertz CT molecular complexity index is 864. The standard InChI is InChI=1S/C19H19N3O2S/c1-2-10-25-19-21-20-18(15-6-4-3-5-7-15)22(19)12-14-8-9-16-17(11-14)24-13-23-16/h3-9,11H,2,10,12-13H2,1H3. The molecule has 0 fully saturated rings. The first kappa shape index (κ1) is 16.0. The first-order valence-electron chi connectivity index (χ1n) is 8.35. The van der Waals surface area contributed by atoms with E-state index in [1.807, 2.05) is 30.3 Å². The van der Waals surface area contributed by atoms with Crippen LogP contribution in [0.25, 0.3) is 11.4 Å². The molecule has 128 valence electrons. The fraction of sp³-hybridized carbons (Fsp3) is 0.263. The highest BCUT2D eigenvalue weighted by atomic mass is 32.2. The van der Waals surface area contributed by atoms with E-state index in [1.165, 1.54) is 0 Å². The largest absolute Gasteiger partial charge is 0.454 e. The van der Waals surface area contributed by atoms with Gasteiger partial charge in [-0.1, -0.05) is 55.1 Å². The zero-order valence-electron chi connectivity index (χ0n) is 14.0. The van der Waals surface area contributed by atoms with E-state index in [4.69, 9.17) is 9.47 Å². The molecule has 0 radical (unpaired) electrons. The van der Waals surface area contributed by atoms with Gasteiger partial charge >= 0.3 is 0 Å². The maximum atomic E-state index is 5.50. The molecule has 1 aromatic heterocycles. The van der Waals surface area contributed by atoms with Gasteiger partial charge in [-0.3, -0.25) is 4.57 Å². The lowest BCUT2D eigenvalue weighted by Crippen LogP contribution is -2.04. The monoisotopic (exact) mass is 353 g/mol. The summed E-state index contributed by atoms with van der Waals surface area (Å²) in [5, 5.41) is 9.81. The number of ether oxygens (including phenoxy) is 2. The lowest BCUT2D eigenvalue weighted by Gasteiger charge is -2.11. The van der Waals surface area contributed by atoms with E-state index >= 15 is 0 Å². The van der Waals surface area contributed by atoms with Crippen molar-refractivity contribution in [1.82, 2.24) is 14.8 Å². The number of aromatic nitrogens is 3. The molecule has 0 amide bonds. The van der Waals surface area contributed by atoms with Crippen molar-refractivity contribution in [3.63, 3.8) is 0 Å². The molecule has 25 heavy (non-hydrogen) atoms. The van der Waals surface area contributed by atoms with Gasteiger partial charge in [0.05, 0.1) is 6.54 Å². The number of nitrogens with zero attached hydrogens (tertiary/aromatic N) is 3. The summed E-state index contributed by atoms with van der Waals surface area (Å²) < 4.78 is 13.1. The van der Waals surface area contributed by atoms with Crippen molar-refractivity contribution >= 4 is 11.8 Å². The van der Waals surface area contributed by atoms with Gasteiger partial charge in [-0.25, -0.2) is 0 Å². The Hall–Kier alpha value is -2.47. The highest BCUT2D eigenvalue weighted by molar-refractivity contribution is 7.99. The van der Waals surface area contributed by atoms with Crippen LogP contribution in [0.15, 0.2) is 53.7 Å². The molecule has 0 unspecified atom stereocenters. The second-order valence-electron chi connectivity index (χ2n) is 5.79. The van der Waals surface area contributed by atoms with E-state index in [2.05, 4.69) is 39.9 Å². The van der Waals surface area contributed by atoms with Gasteiger partial charge in [0.1, 0.15) is 0 Å². The molecule has 0 aliphatic carbocycles. The van der Waals surface area contributed by atoms with Crippen LogP contribution in [-0.2, 0) is 6.54 Å². The van der Waals surface area contributed by atoms with Crippen molar-refractivity contribution < 1.29 is 9.47 Å². The van der Waals surface area contributed by atoms with Gasteiger partial charge in [-0.2, -0.15) is 0 Å². The number of hydrogen-bond acceptors (Lipinski definition) is 5. The average molecular weight is 353 g/mol. The lowest BCUT2D eigenvalue weighted by atomic mass is 10.2. The Balaban J connectivity index is 1.69. The molecule has 0 spiro atoms. The molecule has 0 saturated carbocycles. The van der Waals surface area contributed by atoms with Gasteiger partial charge in [0.15, 0.2) is 22.5 Å². The fourth-order valence-electron chi connectivity index (χ4n) is 2.75. The molecule has 1 aliphatic heterocycles. The Kier molecular flexibility index (Phi) is 4.61. The van der Waals surface area contributed by atoms with Gasteiger partial charge in [0.25, 0.3) is 0 Å². The van der Waals surface area contributed by atoms with Crippen LogP contribution in [0.2, 0.25) is 0 Å². The van der Waals surface area contributed by atoms with Crippen molar-refractivity contribution in [2.75, 3.05) is 12.5 Å². The molecule has 5 nitrogen and oxygen atoms in total. The zero-order valence-corrected chi connectivity index (χ0v) is 14.8. The van der Waals surface area contributed by atoms with Crippen LogP contribution in [-0.4, -0.2) is 27.3 Å². The third kappa shape index (κ3) is 3.35. The van der Waals surface area contributed by atoms with Crippen molar-refractivity contribution in [3.05, 3.63) is 54.1 Å². The predicted octanol–water partition coefficient (Wildman–Crippen LogP) is 4.22. The number of rotatable bonds is 6. The molecule has 0 bridgehead atoms. The molecule has 1 aliphatic rings. The smallest absolute Gasteiger partial charge is 0.231 e. The van der Waals surface area contributed by atoms with E-state index in [9.17, 15) is 0 Å². The van der Waals surface area contributed by atoms with Crippen molar-refractivity contribution in [1.29, 1.82) is 0 Å². The summed E-state index contributed by atoms with van der Waals surface area (Å²) in [6, 6.07) is 16.2. The third-order valence-electron chi connectivity index (χ3n) is 3.96. The summed E-state index contributed by atoms with van der Waals surface area (Å²) in [6.45, 7) is 3.15. The number of thioether (sulfide) groups is 1. The third-order valence-corrected chi connectivity index (χ3v) is 5.13. The van der Waals surface area contributed by atoms with E-state index < -0.39 is 0 Å². The van der Waals surface area contributed by atoms with Gasteiger partial charge in [0.2, 0.25) is 6.79 Å². The van der Waals surface area contributed by atoms with Crippen LogP contribution >= 0.6 is 11.8 Å². The highest BCUT2D eigenvalue weighted by Crippen LogP contribution is 2.33. The number of benzene rings is 2. The Morgan fingerprint density at radius 2 is 1.88 bits per heavy atom. The molecule has 2 heterocycles. The minimum Gasteiger partial charge on any atom is -0.454 e. The van der Waals surface area contributed by atoms with E-state index in [1.54, 1.807) is 11.8 Å². The molecule has 4 rings (SSSR count). The molecule has 3 aromatic rings. The summed E-state index contributed by atoms with van der Waals surface area (Å²) in [7, 11) is 0. The molecular weight excluding hydrogens is 334 g/mol. The Labute approximate surface area is 151 Å². The van der Waals surface area contributed by atoms with Gasteiger partial charge in [0, 0.05) is 11.3 Å². The summed E-state index contributed by atoms with van der Waals surface area (Å²) in [5.41, 5.74) is 2.21. The predicted molar refractivity (Wildman–Crippen MR) is 98.1 cm³/mol. The Morgan fingerprint density at radius 3 is 2.72 bits per heavy atom. The lowest BCUT2D eigenvalue weighted by molar-refractivity contribution is 0.174. The first-order valence-corrected chi connectivity index (χ1v) is 9.33.